The summed E-state index contributed by atoms with van der Waals surface area (Å²) in [6.07, 6.45) is -2.97. The van der Waals surface area contributed by atoms with Crippen molar-refractivity contribution >= 4 is 40.3 Å². The van der Waals surface area contributed by atoms with Gasteiger partial charge in [-0.05, 0) is 53.7 Å². The third-order valence-corrected chi connectivity index (χ3v) is 4.37. The second-order valence-corrected chi connectivity index (χ2v) is 6.41. The first kappa shape index (κ1) is 18.6. The molecule has 0 unspecified atom stereocenters. The number of carbonyl (C=O) groups is 1. The molecule has 0 saturated carbocycles. The van der Waals surface area contributed by atoms with Crippen LogP contribution in [0.2, 0.25) is 0 Å². The third kappa shape index (κ3) is 4.53. The number of nitro groups is 1. The van der Waals surface area contributed by atoms with Crippen LogP contribution in [0, 0.1) is 10.1 Å². The van der Waals surface area contributed by atoms with Gasteiger partial charge in [-0.25, -0.2) is 4.99 Å². The zero-order valence-electron chi connectivity index (χ0n) is 13.4. The number of rotatable bonds is 3. The molecule has 1 aliphatic rings. The van der Waals surface area contributed by atoms with Crippen LogP contribution in [0.1, 0.15) is 11.1 Å². The first-order valence-electron chi connectivity index (χ1n) is 7.44. The van der Waals surface area contributed by atoms with Crippen LogP contribution in [-0.2, 0) is 11.0 Å². The average molecular weight is 393 g/mol. The number of thioether (sulfide) groups is 1. The quantitative estimate of drug-likeness (QED) is 0.473. The van der Waals surface area contributed by atoms with Gasteiger partial charge in [0.1, 0.15) is 0 Å². The number of non-ortho nitro benzene ring substituents is 1. The Morgan fingerprint density at radius 3 is 2.48 bits per heavy atom. The highest BCUT2D eigenvalue weighted by Gasteiger charge is 2.30. The lowest BCUT2D eigenvalue weighted by molar-refractivity contribution is -0.384. The Labute approximate surface area is 154 Å². The maximum atomic E-state index is 12.8. The standard InChI is InChI=1S/C17H10F3N3O3S/c18-17(19,20)11-2-1-3-12(9-11)21-16-22-15(24)14(27-16)8-10-4-6-13(7-5-10)23(25)26/h1-9H,(H,21,22,24). The van der Waals surface area contributed by atoms with E-state index >= 15 is 0 Å². The lowest BCUT2D eigenvalue weighted by Crippen LogP contribution is -2.19. The lowest BCUT2D eigenvalue weighted by atomic mass is 10.2. The molecule has 1 N–H and O–H groups in total. The Kier molecular flexibility index (Phi) is 5.00. The van der Waals surface area contributed by atoms with Gasteiger partial charge in [-0.3, -0.25) is 14.9 Å². The fraction of sp³-hybridized carbons (Fsp3) is 0.0588. The summed E-state index contributed by atoms with van der Waals surface area (Å²) >= 11 is 0.968. The van der Waals surface area contributed by atoms with Crippen LogP contribution < -0.4 is 5.32 Å². The molecular formula is C17H10F3N3O3S. The summed E-state index contributed by atoms with van der Waals surface area (Å²) in [4.78, 5) is 26.4. The van der Waals surface area contributed by atoms with Gasteiger partial charge in [-0.1, -0.05) is 6.07 Å². The van der Waals surface area contributed by atoms with Crippen LogP contribution in [0.15, 0.2) is 58.4 Å². The molecule has 0 aliphatic carbocycles. The topological polar surface area (TPSA) is 84.6 Å². The molecule has 27 heavy (non-hydrogen) atoms. The summed E-state index contributed by atoms with van der Waals surface area (Å²) in [7, 11) is 0. The first-order chi connectivity index (χ1) is 12.7. The van der Waals surface area contributed by atoms with Crippen molar-refractivity contribution < 1.29 is 22.9 Å². The molecule has 3 rings (SSSR count). The van der Waals surface area contributed by atoms with E-state index in [-0.39, 0.29) is 21.4 Å². The number of nitro benzene ring substituents is 1. The maximum Gasteiger partial charge on any atom is 0.416 e. The normalized spacial score (nSPS) is 17.4. The summed E-state index contributed by atoms with van der Waals surface area (Å²) in [5, 5.41) is 13.3. The molecule has 138 valence electrons. The van der Waals surface area contributed by atoms with Gasteiger partial charge in [0.05, 0.1) is 21.1 Å². The molecule has 1 heterocycles. The Morgan fingerprint density at radius 1 is 1.15 bits per heavy atom. The van der Waals surface area contributed by atoms with E-state index in [1.54, 1.807) is 0 Å². The van der Waals surface area contributed by atoms with Gasteiger partial charge in [0, 0.05) is 12.1 Å². The number of nitrogens with one attached hydrogen (secondary N) is 1. The van der Waals surface area contributed by atoms with Crippen molar-refractivity contribution in [1.29, 1.82) is 0 Å². The van der Waals surface area contributed by atoms with E-state index in [0.29, 0.717) is 5.56 Å². The fourth-order valence-corrected chi connectivity index (χ4v) is 3.04. The maximum absolute atomic E-state index is 12.8. The zero-order chi connectivity index (χ0) is 19.6. The number of aliphatic imine (C=N–C) groups is 1. The predicted molar refractivity (Wildman–Crippen MR) is 95.3 cm³/mol. The van der Waals surface area contributed by atoms with E-state index in [1.807, 2.05) is 0 Å². The van der Waals surface area contributed by atoms with E-state index < -0.39 is 22.6 Å². The predicted octanol–water partition coefficient (Wildman–Crippen LogP) is 4.51. The van der Waals surface area contributed by atoms with Crippen LogP contribution in [0.4, 0.5) is 24.5 Å². The van der Waals surface area contributed by atoms with Gasteiger partial charge in [0.2, 0.25) is 0 Å². The second kappa shape index (κ2) is 7.23. The third-order valence-electron chi connectivity index (χ3n) is 3.46. The van der Waals surface area contributed by atoms with Crippen molar-refractivity contribution in [3.05, 3.63) is 74.7 Å². The van der Waals surface area contributed by atoms with Crippen LogP contribution in [0.5, 0.6) is 0 Å². The molecule has 2 aromatic rings. The molecular weight excluding hydrogens is 383 g/mol. The van der Waals surface area contributed by atoms with Crippen molar-refractivity contribution in [2.75, 3.05) is 0 Å². The largest absolute Gasteiger partial charge is 0.416 e. The van der Waals surface area contributed by atoms with Crippen molar-refractivity contribution in [3.8, 4) is 0 Å². The van der Waals surface area contributed by atoms with Gasteiger partial charge in [-0.15, -0.1) is 0 Å². The molecule has 1 fully saturated rings. The van der Waals surface area contributed by atoms with Crippen molar-refractivity contribution in [2.24, 2.45) is 4.99 Å². The van der Waals surface area contributed by atoms with Gasteiger partial charge < -0.3 is 5.32 Å². The fourth-order valence-electron chi connectivity index (χ4n) is 2.19. The Balaban J connectivity index is 1.81. The SMILES string of the molecule is O=C1NC(=Nc2cccc(C(F)(F)F)c2)SC1=Cc1ccc([N+](=O)[O-])cc1. The second-order valence-electron chi connectivity index (χ2n) is 5.38. The number of hydrogen-bond acceptors (Lipinski definition) is 5. The van der Waals surface area contributed by atoms with Crippen molar-refractivity contribution in [2.45, 2.75) is 6.18 Å². The minimum atomic E-state index is -4.48. The number of halogens is 3. The van der Waals surface area contributed by atoms with Gasteiger partial charge >= 0.3 is 6.18 Å². The highest BCUT2D eigenvalue weighted by atomic mass is 32.2. The van der Waals surface area contributed by atoms with E-state index in [2.05, 4.69) is 10.3 Å². The monoisotopic (exact) mass is 393 g/mol. The molecule has 0 aromatic heterocycles. The molecule has 1 amide bonds. The molecule has 0 atom stereocenters. The highest BCUT2D eigenvalue weighted by molar-refractivity contribution is 8.18. The van der Waals surface area contributed by atoms with Gasteiger partial charge in [0.25, 0.3) is 11.6 Å². The molecule has 0 radical (unpaired) electrons. The average Bonchev–Trinajstić information content (AvgIpc) is 2.94. The number of alkyl halides is 3. The van der Waals surface area contributed by atoms with Gasteiger partial charge in [-0.2, -0.15) is 13.2 Å². The number of amidine groups is 1. The molecule has 6 nitrogen and oxygen atoms in total. The van der Waals surface area contributed by atoms with Crippen LogP contribution >= 0.6 is 11.8 Å². The molecule has 10 heteroatoms. The zero-order valence-corrected chi connectivity index (χ0v) is 14.2. The summed E-state index contributed by atoms with van der Waals surface area (Å²) < 4.78 is 38.3. The number of nitrogens with zero attached hydrogens (tertiary/aromatic N) is 2. The van der Waals surface area contributed by atoms with Crippen LogP contribution in [0.25, 0.3) is 6.08 Å². The number of amides is 1. The molecule has 0 bridgehead atoms. The molecule has 0 spiro atoms. The molecule has 1 saturated heterocycles. The van der Waals surface area contributed by atoms with E-state index in [1.165, 1.54) is 42.5 Å². The molecule has 2 aromatic carbocycles. The lowest BCUT2D eigenvalue weighted by Gasteiger charge is -2.06. The summed E-state index contributed by atoms with van der Waals surface area (Å²) in [5.41, 5.74) is -0.282. The number of benzene rings is 2. The Bertz CT molecular complexity index is 969. The van der Waals surface area contributed by atoms with E-state index in [4.69, 9.17) is 0 Å². The minimum absolute atomic E-state index is 0.0595. The van der Waals surface area contributed by atoms with E-state index in [9.17, 15) is 28.1 Å². The summed E-state index contributed by atoms with van der Waals surface area (Å²) in [5.74, 6) is -0.455. The number of carbonyl (C=O) groups excluding carboxylic acids is 1. The van der Waals surface area contributed by atoms with Crippen molar-refractivity contribution in [3.63, 3.8) is 0 Å². The number of hydrogen-bond donors (Lipinski definition) is 1. The summed E-state index contributed by atoms with van der Waals surface area (Å²) in [6, 6.07) is 10.0. The van der Waals surface area contributed by atoms with Crippen LogP contribution in [0.3, 0.4) is 0 Å². The first-order valence-corrected chi connectivity index (χ1v) is 8.25. The Morgan fingerprint density at radius 2 is 1.85 bits per heavy atom. The van der Waals surface area contributed by atoms with Gasteiger partial charge in [0.15, 0.2) is 5.17 Å². The van der Waals surface area contributed by atoms with E-state index in [0.717, 1.165) is 23.9 Å². The van der Waals surface area contributed by atoms with Crippen LogP contribution in [-0.4, -0.2) is 16.0 Å². The Hall–Kier alpha value is -3.14. The summed E-state index contributed by atoms with van der Waals surface area (Å²) in [6.45, 7) is 0. The highest BCUT2D eigenvalue weighted by Crippen LogP contribution is 2.33. The van der Waals surface area contributed by atoms with Crippen molar-refractivity contribution in [1.82, 2.24) is 5.32 Å². The smallest absolute Gasteiger partial charge is 0.300 e. The molecule has 1 aliphatic heterocycles. The minimum Gasteiger partial charge on any atom is -0.300 e.